The maximum absolute atomic E-state index is 10.9. The van der Waals surface area contributed by atoms with Crippen molar-refractivity contribution < 1.29 is 18.6 Å². The van der Waals surface area contributed by atoms with Crippen molar-refractivity contribution in [2.45, 2.75) is 0 Å². The van der Waals surface area contributed by atoms with Gasteiger partial charge in [0.25, 0.3) is 0 Å². The number of carbonyl (C=O) groups is 2. The summed E-state index contributed by atoms with van der Waals surface area (Å²) < 4.78 is 9.10. The zero-order valence-electron chi connectivity index (χ0n) is 8.66. The Bertz CT molecular complexity index is 278. The van der Waals surface area contributed by atoms with E-state index in [1.54, 1.807) is 16.0 Å². The van der Waals surface area contributed by atoms with Gasteiger partial charge in [-0.2, -0.15) is 0 Å². The third-order valence-electron chi connectivity index (χ3n) is 0.928. The molecule has 0 aromatic carbocycles. The van der Waals surface area contributed by atoms with Crippen LogP contribution in [0.2, 0.25) is 0 Å². The van der Waals surface area contributed by atoms with Crippen LogP contribution in [0.15, 0.2) is 4.99 Å². The van der Waals surface area contributed by atoms with Crippen molar-refractivity contribution in [3.05, 3.63) is 0 Å². The number of nitrogens with two attached hydrogens (primary N) is 1. The average molecular weight is 265 g/mol. The Balaban J connectivity index is 3.93. The molecule has 9 nitrogen and oxygen atoms in total. The van der Waals surface area contributed by atoms with Gasteiger partial charge in [0, 0.05) is 0 Å². The Kier molecular flexibility index (Phi) is 8.84. The molecule has 0 aliphatic carbocycles. The van der Waals surface area contributed by atoms with Gasteiger partial charge in [-0.15, -0.1) is 4.99 Å². The van der Waals surface area contributed by atoms with Crippen LogP contribution in [-0.2, 0) is 9.05 Å². The summed E-state index contributed by atoms with van der Waals surface area (Å²) >= 11 is 0. The molecule has 0 aliphatic heterocycles. The minimum absolute atomic E-state index is 0.206. The van der Waals surface area contributed by atoms with E-state index in [0.717, 1.165) is 0 Å². The van der Waals surface area contributed by atoms with Gasteiger partial charge in [0.05, 0.1) is 0 Å². The molecule has 2 atom stereocenters. The molecule has 2 unspecified atom stereocenters. The largest absolute Gasteiger partial charge is 0.440 e. The van der Waals surface area contributed by atoms with Crippen LogP contribution in [0.25, 0.3) is 0 Å². The molecule has 16 heavy (non-hydrogen) atoms. The molecule has 0 rings (SSSR count). The summed E-state index contributed by atoms with van der Waals surface area (Å²) in [7, 11) is 2.78. The van der Waals surface area contributed by atoms with Crippen molar-refractivity contribution in [3.63, 3.8) is 0 Å². The molecule has 0 bridgehead atoms. The monoisotopic (exact) mass is 265 g/mol. The Hall–Kier alpha value is -0.880. The number of nitrogens with zero attached hydrogens (tertiary/aromatic N) is 1. The predicted molar refractivity (Wildman–Crippen MR) is 67.7 cm³/mol. The SMILES string of the molecule is BNPOC(=O)/N=C(\N)NC(=O)OPNB. The summed E-state index contributed by atoms with van der Waals surface area (Å²) in [5, 5.41) is 2.04. The average Bonchev–Trinajstić information content (AvgIpc) is 2.23. The quantitative estimate of drug-likeness (QED) is 0.191. The molecule has 0 fully saturated rings. The summed E-state index contributed by atoms with van der Waals surface area (Å²) in [6.07, 6.45) is -1.71. The molecule has 0 aliphatic rings. The van der Waals surface area contributed by atoms with Gasteiger partial charge in [-0.05, 0) is 0 Å². The van der Waals surface area contributed by atoms with Gasteiger partial charge in [0.15, 0.2) is 16.0 Å². The van der Waals surface area contributed by atoms with Crippen molar-refractivity contribution in [1.82, 2.24) is 15.3 Å². The number of rotatable bonds is 4. The van der Waals surface area contributed by atoms with E-state index in [2.05, 4.69) is 24.0 Å². The van der Waals surface area contributed by atoms with Crippen LogP contribution >= 0.6 is 17.9 Å². The van der Waals surface area contributed by atoms with Crippen LogP contribution in [0.1, 0.15) is 0 Å². The molecule has 0 aromatic rings. The minimum Gasteiger partial charge on any atom is -0.416 e. The maximum atomic E-state index is 10.9. The maximum Gasteiger partial charge on any atom is 0.440 e. The van der Waals surface area contributed by atoms with Crippen LogP contribution < -0.4 is 21.0 Å². The van der Waals surface area contributed by atoms with Gasteiger partial charge >= 0.3 is 12.2 Å². The van der Waals surface area contributed by atoms with E-state index in [1.807, 2.05) is 5.32 Å². The van der Waals surface area contributed by atoms with E-state index in [1.165, 1.54) is 0 Å². The van der Waals surface area contributed by atoms with Crippen molar-refractivity contribution in [1.29, 1.82) is 0 Å². The Labute approximate surface area is 97.4 Å². The Morgan fingerprint density at radius 3 is 2.31 bits per heavy atom. The topological polar surface area (TPSA) is 127 Å². The molecule has 2 amide bonds. The number of nitrogens with one attached hydrogen (secondary N) is 3. The third-order valence-corrected chi connectivity index (χ3v) is 1.90. The van der Waals surface area contributed by atoms with Crippen LogP contribution in [0.4, 0.5) is 9.59 Å². The number of carbonyl (C=O) groups excluding carboxylic acids is 2. The standard InChI is InChI=1S/C3H11B2N5O4P2/c4-9-15-13-2(11)7-1(6)8-3(12)14-16-10-5/h9-10,15-16H,4-5H2,(H3,6,7,8,11,12). The number of aliphatic imine (C=N–C) groups is 1. The summed E-state index contributed by atoms with van der Waals surface area (Å²) in [5.41, 5.74) is 5.22. The van der Waals surface area contributed by atoms with Gasteiger partial charge < -0.3 is 24.8 Å². The van der Waals surface area contributed by atoms with E-state index < -0.39 is 18.1 Å². The fraction of sp³-hybridized carbons (Fsp3) is 0. The molecule has 0 radical (unpaired) electrons. The van der Waals surface area contributed by atoms with Gasteiger partial charge in [-0.1, -0.05) is 0 Å². The van der Waals surface area contributed by atoms with Crippen molar-refractivity contribution in [3.8, 4) is 0 Å². The van der Waals surface area contributed by atoms with Crippen LogP contribution in [0.5, 0.6) is 0 Å². The molecular formula is C3H11B2N5O4P2. The molecule has 5 N–H and O–H groups in total. The van der Waals surface area contributed by atoms with Crippen molar-refractivity contribution >= 4 is 52.0 Å². The third kappa shape index (κ3) is 8.43. The molecule has 0 heterocycles. The Morgan fingerprint density at radius 2 is 1.75 bits per heavy atom. The summed E-state index contributed by atoms with van der Waals surface area (Å²) in [6, 6.07) is 0. The molecular weight excluding hydrogens is 254 g/mol. The van der Waals surface area contributed by atoms with Gasteiger partial charge in [0.2, 0.25) is 5.96 Å². The molecule has 0 aromatic heterocycles. The predicted octanol–water partition coefficient (Wildman–Crippen LogP) is -2.54. The second kappa shape index (κ2) is 9.35. The summed E-state index contributed by atoms with van der Waals surface area (Å²) in [4.78, 5) is 30.2. The number of hydrogen-bond donors (Lipinski definition) is 4. The zero-order chi connectivity index (χ0) is 12.4. The van der Waals surface area contributed by atoms with E-state index in [9.17, 15) is 9.59 Å². The van der Waals surface area contributed by atoms with E-state index in [4.69, 9.17) is 5.73 Å². The summed E-state index contributed by atoms with van der Waals surface area (Å²) in [5.74, 6) is -0.392. The van der Waals surface area contributed by atoms with Crippen molar-refractivity contribution in [2.75, 3.05) is 0 Å². The first-order valence-corrected chi connectivity index (χ1v) is 5.78. The highest BCUT2D eigenvalue weighted by atomic mass is 31.1. The lowest BCUT2D eigenvalue weighted by atomic mass is 10.5. The highest BCUT2D eigenvalue weighted by Crippen LogP contribution is 2.05. The second-order valence-corrected chi connectivity index (χ2v) is 3.90. The first-order chi connectivity index (χ1) is 7.60. The van der Waals surface area contributed by atoms with Crippen LogP contribution in [-0.4, -0.2) is 34.1 Å². The molecule has 0 spiro atoms. The van der Waals surface area contributed by atoms with E-state index in [0.29, 0.717) is 0 Å². The molecule has 13 heteroatoms. The van der Waals surface area contributed by atoms with Gasteiger partial charge in [-0.3, -0.25) is 5.32 Å². The lowest BCUT2D eigenvalue weighted by molar-refractivity contribution is 0.212. The fourth-order valence-corrected chi connectivity index (χ4v) is 0.952. The first-order valence-electron chi connectivity index (χ1n) is 3.96. The normalized spacial score (nSPS) is 12.1. The van der Waals surface area contributed by atoms with Crippen molar-refractivity contribution in [2.24, 2.45) is 10.7 Å². The number of guanidine groups is 1. The van der Waals surface area contributed by atoms with E-state index in [-0.39, 0.29) is 17.9 Å². The van der Waals surface area contributed by atoms with Crippen LogP contribution in [0, 0.1) is 0 Å². The highest BCUT2D eigenvalue weighted by molar-refractivity contribution is 7.32. The second-order valence-electron chi connectivity index (χ2n) is 2.08. The van der Waals surface area contributed by atoms with Gasteiger partial charge in [0.1, 0.15) is 17.9 Å². The van der Waals surface area contributed by atoms with Crippen LogP contribution in [0.3, 0.4) is 0 Å². The smallest absolute Gasteiger partial charge is 0.416 e. The highest BCUT2D eigenvalue weighted by Gasteiger charge is 2.06. The first kappa shape index (κ1) is 15.1. The molecule has 0 saturated carbocycles. The molecule has 88 valence electrons. The fourth-order valence-electron chi connectivity index (χ4n) is 0.471. The number of amides is 2. The minimum atomic E-state index is -0.901. The molecule has 0 saturated heterocycles. The Morgan fingerprint density at radius 1 is 1.19 bits per heavy atom. The lowest BCUT2D eigenvalue weighted by Crippen LogP contribution is -2.37. The zero-order valence-corrected chi connectivity index (χ0v) is 10.7. The lowest BCUT2D eigenvalue weighted by Gasteiger charge is -2.04. The van der Waals surface area contributed by atoms with E-state index >= 15 is 0 Å². The summed E-state index contributed by atoms with van der Waals surface area (Å²) in [6.45, 7) is 0. The number of hydrogen-bond acceptors (Lipinski definition) is 6. The van der Waals surface area contributed by atoms with Gasteiger partial charge in [-0.25, -0.2) is 9.59 Å².